The van der Waals surface area contributed by atoms with Crippen LogP contribution in [0.5, 0.6) is 0 Å². The SMILES string of the molecule is C#CCC(C[C@@H](N)C(=O)O)C(=O)O. The molecular weight excluding hydrogens is 174 g/mol. The number of hydrogen-bond donors (Lipinski definition) is 3. The fourth-order valence-electron chi connectivity index (χ4n) is 0.821. The summed E-state index contributed by atoms with van der Waals surface area (Å²) < 4.78 is 0. The van der Waals surface area contributed by atoms with Crippen LogP contribution in [0.15, 0.2) is 0 Å². The Morgan fingerprint density at radius 3 is 2.23 bits per heavy atom. The van der Waals surface area contributed by atoms with Gasteiger partial charge in [0.15, 0.2) is 0 Å². The molecule has 13 heavy (non-hydrogen) atoms. The summed E-state index contributed by atoms with van der Waals surface area (Å²) in [5, 5.41) is 17.0. The molecule has 0 aromatic heterocycles. The highest BCUT2D eigenvalue weighted by molar-refractivity contribution is 5.75. The molecule has 0 aromatic carbocycles. The zero-order chi connectivity index (χ0) is 10.4. The highest BCUT2D eigenvalue weighted by Crippen LogP contribution is 2.10. The molecule has 4 N–H and O–H groups in total. The van der Waals surface area contributed by atoms with Gasteiger partial charge in [0, 0.05) is 6.42 Å². The third-order valence-electron chi connectivity index (χ3n) is 1.57. The lowest BCUT2D eigenvalue weighted by Gasteiger charge is -2.11. The Hall–Kier alpha value is -1.54. The Balaban J connectivity index is 4.19. The van der Waals surface area contributed by atoms with E-state index in [2.05, 4.69) is 5.92 Å². The van der Waals surface area contributed by atoms with E-state index in [-0.39, 0.29) is 12.8 Å². The van der Waals surface area contributed by atoms with Crippen LogP contribution in [-0.4, -0.2) is 28.2 Å². The molecule has 0 amide bonds. The van der Waals surface area contributed by atoms with Crippen molar-refractivity contribution in [3.05, 3.63) is 0 Å². The first-order valence-electron chi connectivity index (χ1n) is 3.63. The quantitative estimate of drug-likeness (QED) is 0.502. The number of hydrogen-bond acceptors (Lipinski definition) is 3. The fraction of sp³-hybridized carbons (Fsp3) is 0.500. The van der Waals surface area contributed by atoms with Gasteiger partial charge in [-0.15, -0.1) is 12.3 Å². The van der Waals surface area contributed by atoms with Crippen molar-refractivity contribution >= 4 is 11.9 Å². The van der Waals surface area contributed by atoms with Crippen molar-refractivity contribution in [2.24, 2.45) is 11.7 Å². The fourth-order valence-corrected chi connectivity index (χ4v) is 0.821. The van der Waals surface area contributed by atoms with Crippen LogP contribution in [0, 0.1) is 18.3 Å². The third-order valence-corrected chi connectivity index (χ3v) is 1.57. The molecule has 0 heterocycles. The molecule has 0 fully saturated rings. The van der Waals surface area contributed by atoms with E-state index in [1.165, 1.54) is 0 Å². The summed E-state index contributed by atoms with van der Waals surface area (Å²) in [6.45, 7) is 0. The monoisotopic (exact) mass is 185 g/mol. The van der Waals surface area contributed by atoms with Gasteiger partial charge in [-0.05, 0) is 6.42 Å². The first-order valence-corrected chi connectivity index (χ1v) is 3.63. The van der Waals surface area contributed by atoms with Gasteiger partial charge in [0.1, 0.15) is 6.04 Å². The summed E-state index contributed by atoms with van der Waals surface area (Å²) in [5.74, 6) is -1.05. The van der Waals surface area contributed by atoms with Crippen LogP contribution >= 0.6 is 0 Å². The first kappa shape index (κ1) is 11.5. The number of aliphatic carboxylic acids is 2. The molecule has 5 nitrogen and oxygen atoms in total. The van der Waals surface area contributed by atoms with Crippen molar-refractivity contribution in [1.29, 1.82) is 0 Å². The molecular formula is C8H11NO4. The Morgan fingerprint density at radius 2 is 1.92 bits per heavy atom. The minimum atomic E-state index is -1.22. The predicted molar refractivity (Wildman–Crippen MR) is 44.8 cm³/mol. The molecule has 0 aliphatic heterocycles. The van der Waals surface area contributed by atoms with Gasteiger partial charge in [0.05, 0.1) is 5.92 Å². The van der Waals surface area contributed by atoms with Gasteiger partial charge in [-0.2, -0.15) is 0 Å². The zero-order valence-electron chi connectivity index (χ0n) is 6.93. The van der Waals surface area contributed by atoms with Crippen molar-refractivity contribution in [1.82, 2.24) is 0 Å². The maximum absolute atomic E-state index is 10.5. The number of terminal acetylenes is 1. The van der Waals surface area contributed by atoms with Gasteiger partial charge >= 0.3 is 11.9 Å². The van der Waals surface area contributed by atoms with Crippen molar-refractivity contribution in [3.8, 4) is 12.3 Å². The second kappa shape index (κ2) is 5.17. The van der Waals surface area contributed by atoms with Crippen LogP contribution < -0.4 is 5.73 Å². The predicted octanol–water partition coefficient (Wildman–Crippen LogP) is -0.487. The van der Waals surface area contributed by atoms with E-state index in [1.807, 2.05) is 0 Å². The average molecular weight is 185 g/mol. The Morgan fingerprint density at radius 1 is 1.38 bits per heavy atom. The molecule has 0 radical (unpaired) electrons. The highest BCUT2D eigenvalue weighted by atomic mass is 16.4. The van der Waals surface area contributed by atoms with Crippen molar-refractivity contribution in [2.75, 3.05) is 0 Å². The minimum Gasteiger partial charge on any atom is -0.481 e. The van der Waals surface area contributed by atoms with Crippen LogP contribution in [0.3, 0.4) is 0 Å². The largest absolute Gasteiger partial charge is 0.481 e. The molecule has 0 saturated heterocycles. The van der Waals surface area contributed by atoms with Gasteiger partial charge in [-0.25, -0.2) is 0 Å². The Bertz CT molecular complexity index is 243. The molecule has 2 atom stereocenters. The molecule has 0 aliphatic carbocycles. The highest BCUT2D eigenvalue weighted by Gasteiger charge is 2.23. The van der Waals surface area contributed by atoms with E-state index < -0.39 is 23.9 Å². The summed E-state index contributed by atoms with van der Waals surface area (Å²) in [4.78, 5) is 20.8. The smallest absolute Gasteiger partial charge is 0.320 e. The molecule has 0 spiro atoms. The zero-order valence-corrected chi connectivity index (χ0v) is 6.93. The van der Waals surface area contributed by atoms with Gasteiger partial charge in [-0.1, -0.05) is 0 Å². The topological polar surface area (TPSA) is 101 Å². The summed E-state index contributed by atoms with van der Waals surface area (Å²) in [6.07, 6.45) is 4.77. The second-order valence-corrected chi connectivity index (χ2v) is 2.62. The molecule has 5 heteroatoms. The second-order valence-electron chi connectivity index (χ2n) is 2.62. The molecule has 0 rings (SSSR count). The van der Waals surface area contributed by atoms with E-state index in [1.54, 1.807) is 0 Å². The maximum atomic E-state index is 10.5. The molecule has 1 unspecified atom stereocenters. The van der Waals surface area contributed by atoms with Gasteiger partial charge in [0.25, 0.3) is 0 Å². The first-order chi connectivity index (χ1) is 5.99. The van der Waals surface area contributed by atoms with E-state index in [0.29, 0.717) is 0 Å². The Labute approximate surface area is 75.5 Å². The summed E-state index contributed by atoms with van der Waals surface area (Å²) in [7, 11) is 0. The standard InChI is InChI=1S/C8H11NO4/c1-2-3-5(7(10)11)4-6(9)8(12)13/h1,5-6H,3-4,9H2,(H,10,11)(H,12,13)/t5?,6-/m1/s1. The summed E-state index contributed by atoms with van der Waals surface area (Å²) >= 11 is 0. The Kier molecular flexibility index (Phi) is 4.55. The van der Waals surface area contributed by atoms with Crippen LogP contribution in [0.25, 0.3) is 0 Å². The normalized spacial score (nSPS) is 14.2. The van der Waals surface area contributed by atoms with Crippen LogP contribution in [-0.2, 0) is 9.59 Å². The lowest BCUT2D eigenvalue weighted by Crippen LogP contribution is -2.34. The number of rotatable bonds is 5. The maximum Gasteiger partial charge on any atom is 0.320 e. The summed E-state index contributed by atoms with van der Waals surface area (Å²) in [5.41, 5.74) is 5.15. The number of nitrogens with two attached hydrogens (primary N) is 1. The van der Waals surface area contributed by atoms with Crippen LogP contribution in [0.4, 0.5) is 0 Å². The van der Waals surface area contributed by atoms with E-state index in [9.17, 15) is 9.59 Å². The average Bonchev–Trinajstić information content (AvgIpc) is 2.03. The van der Waals surface area contributed by atoms with Gasteiger partial charge in [0.2, 0.25) is 0 Å². The van der Waals surface area contributed by atoms with Crippen LogP contribution in [0.1, 0.15) is 12.8 Å². The lowest BCUT2D eigenvalue weighted by molar-refractivity contribution is -0.143. The van der Waals surface area contributed by atoms with Gasteiger partial charge in [-0.3, -0.25) is 9.59 Å². The molecule has 0 saturated carbocycles. The molecule has 0 bridgehead atoms. The minimum absolute atomic E-state index is 0.00366. The van der Waals surface area contributed by atoms with E-state index in [0.717, 1.165) is 0 Å². The summed E-state index contributed by atoms with van der Waals surface area (Å²) in [6, 6.07) is -1.17. The molecule has 72 valence electrons. The van der Waals surface area contributed by atoms with E-state index in [4.69, 9.17) is 22.4 Å². The van der Waals surface area contributed by atoms with Crippen molar-refractivity contribution in [3.63, 3.8) is 0 Å². The third kappa shape index (κ3) is 4.13. The van der Waals surface area contributed by atoms with Crippen molar-refractivity contribution < 1.29 is 19.8 Å². The molecule has 0 aromatic rings. The van der Waals surface area contributed by atoms with Crippen molar-refractivity contribution in [2.45, 2.75) is 18.9 Å². The number of carboxylic acid groups (broad SMARTS) is 2. The van der Waals surface area contributed by atoms with E-state index >= 15 is 0 Å². The number of carboxylic acids is 2. The molecule has 0 aliphatic rings. The van der Waals surface area contributed by atoms with Gasteiger partial charge < -0.3 is 15.9 Å². The number of carbonyl (C=O) groups is 2. The van der Waals surface area contributed by atoms with Crippen LogP contribution in [0.2, 0.25) is 0 Å². The lowest BCUT2D eigenvalue weighted by atomic mass is 9.97.